The number of aliphatic carboxylic acids is 1. The zero-order chi connectivity index (χ0) is 15.9. The Morgan fingerprint density at radius 3 is 2.52 bits per heavy atom. The van der Waals surface area contributed by atoms with Crippen molar-refractivity contribution < 1.29 is 14.7 Å². The lowest BCUT2D eigenvalue weighted by Crippen LogP contribution is -2.41. The molecule has 1 aliphatic heterocycles. The van der Waals surface area contributed by atoms with Gasteiger partial charge >= 0.3 is 5.97 Å². The number of benzene rings is 1. The highest BCUT2D eigenvalue weighted by molar-refractivity contribution is 6.01. The Hall–Kier alpha value is -2.35. The summed E-state index contributed by atoms with van der Waals surface area (Å²) in [6, 6.07) is 5.57. The molecule has 21 heavy (non-hydrogen) atoms. The van der Waals surface area contributed by atoms with Crippen molar-refractivity contribution in [3.63, 3.8) is 0 Å². The third-order valence-corrected chi connectivity index (χ3v) is 3.85. The number of hydrogen-bond acceptors (Lipinski definition) is 3. The normalized spacial score (nSPS) is 19.1. The van der Waals surface area contributed by atoms with Crippen LogP contribution in [0.1, 0.15) is 55.2 Å². The SMILES string of the molecule is CC(C(=O)O)N1C(=O)c2ccc(C(C)(C)C)cc2C1C#N. The van der Waals surface area contributed by atoms with Crippen molar-refractivity contribution in [3.8, 4) is 6.07 Å². The van der Waals surface area contributed by atoms with Gasteiger partial charge in [-0.15, -0.1) is 0 Å². The van der Waals surface area contributed by atoms with Gasteiger partial charge in [-0.05, 0) is 24.0 Å². The highest BCUT2D eigenvalue weighted by Crippen LogP contribution is 2.37. The number of nitriles is 1. The van der Waals surface area contributed by atoms with Gasteiger partial charge in [0.25, 0.3) is 5.91 Å². The van der Waals surface area contributed by atoms with Gasteiger partial charge in [0.2, 0.25) is 0 Å². The molecule has 5 heteroatoms. The van der Waals surface area contributed by atoms with Gasteiger partial charge in [0.05, 0.1) is 6.07 Å². The molecule has 2 unspecified atom stereocenters. The van der Waals surface area contributed by atoms with E-state index >= 15 is 0 Å². The van der Waals surface area contributed by atoms with Gasteiger partial charge in [0.15, 0.2) is 0 Å². The molecule has 0 saturated heterocycles. The molecule has 2 atom stereocenters. The highest BCUT2D eigenvalue weighted by Gasteiger charge is 2.42. The fourth-order valence-corrected chi connectivity index (χ4v) is 2.51. The lowest BCUT2D eigenvalue weighted by molar-refractivity contribution is -0.142. The molecule has 1 amide bonds. The van der Waals surface area contributed by atoms with Crippen LogP contribution in [0.2, 0.25) is 0 Å². The number of rotatable bonds is 2. The maximum atomic E-state index is 12.4. The van der Waals surface area contributed by atoms with E-state index in [1.807, 2.05) is 32.9 Å². The summed E-state index contributed by atoms with van der Waals surface area (Å²) in [4.78, 5) is 24.7. The van der Waals surface area contributed by atoms with Crippen molar-refractivity contribution >= 4 is 11.9 Å². The summed E-state index contributed by atoms with van der Waals surface area (Å²) >= 11 is 0. The predicted octanol–water partition coefficient (Wildman–Crippen LogP) is 2.48. The van der Waals surface area contributed by atoms with E-state index in [-0.39, 0.29) is 5.41 Å². The van der Waals surface area contributed by atoms with Crippen LogP contribution >= 0.6 is 0 Å². The van der Waals surface area contributed by atoms with Crippen LogP contribution in [0.4, 0.5) is 0 Å². The molecule has 0 bridgehead atoms. The van der Waals surface area contributed by atoms with E-state index < -0.39 is 24.0 Å². The summed E-state index contributed by atoms with van der Waals surface area (Å²) < 4.78 is 0. The molecule has 0 aromatic heterocycles. The first-order valence-electron chi connectivity index (χ1n) is 6.78. The summed E-state index contributed by atoms with van der Waals surface area (Å²) in [5, 5.41) is 18.5. The Kier molecular flexibility index (Phi) is 3.50. The second kappa shape index (κ2) is 4.88. The number of nitrogens with zero attached hydrogens (tertiary/aromatic N) is 2. The Morgan fingerprint density at radius 1 is 1.43 bits per heavy atom. The number of carboxylic acids is 1. The zero-order valence-corrected chi connectivity index (χ0v) is 12.5. The van der Waals surface area contributed by atoms with Gasteiger partial charge in [0.1, 0.15) is 12.1 Å². The van der Waals surface area contributed by atoms with Gasteiger partial charge in [-0.25, -0.2) is 4.79 Å². The van der Waals surface area contributed by atoms with Gasteiger partial charge < -0.3 is 10.0 Å². The smallest absolute Gasteiger partial charge is 0.326 e. The van der Waals surface area contributed by atoms with E-state index in [0.29, 0.717) is 11.1 Å². The predicted molar refractivity (Wildman–Crippen MR) is 76.8 cm³/mol. The van der Waals surface area contributed by atoms with Crippen LogP contribution in [0.3, 0.4) is 0 Å². The van der Waals surface area contributed by atoms with Crippen LogP contribution in [0.15, 0.2) is 18.2 Å². The number of carbonyl (C=O) groups excluding carboxylic acids is 1. The molecule has 1 aliphatic rings. The first-order chi connectivity index (χ1) is 9.68. The van der Waals surface area contributed by atoms with Crippen molar-refractivity contribution in [2.75, 3.05) is 0 Å². The molecule has 110 valence electrons. The van der Waals surface area contributed by atoms with Crippen molar-refractivity contribution in [2.24, 2.45) is 0 Å². The van der Waals surface area contributed by atoms with E-state index in [4.69, 9.17) is 5.11 Å². The van der Waals surface area contributed by atoms with Crippen molar-refractivity contribution in [1.82, 2.24) is 4.90 Å². The molecule has 5 nitrogen and oxygen atoms in total. The average Bonchev–Trinajstić information content (AvgIpc) is 2.69. The molecule has 0 radical (unpaired) electrons. The van der Waals surface area contributed by atoms with Crippen LogP contribution < -0.4 is 0 Å². The standard InChI is InChI=1S/C16H18N2O3/c1-9(15(20)21)18-13(8-17)12-7-10(16(2,3)4)5-6-11(12)14(18)19/h5-7,9,13H,1-4H3,(H,20,21). The van der Waals surface area contributed by atoms with Crippen LogP contribution in [-0.2, 0) is 10.2 Å². The highest BCUT2D eigenvalue weighted by atomic mass is 16.4. The molecule has 0 spiro atoms. The molecule has 1 aromatic carbocycles. The van der Waals surface area contributed by atoms with E-state index in [1.165, 1.54) is 6.92 Å². The monoisotopic (exact) mass is 286 g/mol. The van der Waals surface area contributed by atoms with E-state index in [0.717, 1.165) is 10.5 Å². The maximum absolute atomic E-state index is 12.4. The number of hydrogen-bond donors (Lipinski definition) is 1. The number of fused-ring (bicyclic) bond motifs is 1. The van der Waals surface area contributed by atoms with Crippen LogP contribution in [-0.4, -0.2) is 27.9 Å². The lowest BCUT2D eigenvalue weighted by atomic mass is 9.85. The fraction of sp³-hybridized carbons (Fsp3) is 0.438. The first-order valence-corrected chi connectivity index (χ1v) is 6.78. The topological polar surface area (TPSA) is 81.4 Å². The molecule has 1 heterocycles. The molecule has 1 aromatic rings. The Morgan fingerprint density at radius 2 is 2.05 bits per heavy atom. The van der Waals surface area contributed by atoms with Crippen molar-refractivity contribution in [2.45, 2.75) is 45.2 Å². The molecule has 2 rings (SSSR count). The summed E-state index contributed by atoms with van der Waals surface area (Å²) in [6.45, 7) is 7.56. The van der Waals surface area contributed by atoms with Crippen LogP contribution in [0.25, 0.3) is 0 Å². The summed E-state index contributed by atoms with van der Waals surface area (Å²) in [6.07, 6.45) is 0. The molecule has 0 aliphatic carbocycles. The van der Waals surface area contributed by atoms with E-state index in [2.05, 4.69) is 6.07 Å². The Labute approximate surface area is 123 Å². The van der Waals surface area contributed by atoms with E-state index in [1.54, 1.807) is 6.07 Å². The minimum Gasteiger partial charge on any atom is -0.480 e. The largest absolute Gasteiger partial charge is 0.480 e. The molecular weight excluding hydrogens is 268 g/mol. The lowest BCUT2D eigenvalue weighted by Gasteiger charge is -2.24. The molecule has 1 N–H and O–H groups in total. The van der Waals surface area contributed by atoms with Gasteiger partial charge in [-0.2, -0.15) is 5.26 Å². The van der Waals surface area contributed by atoms with Gasteiger partial charge in [-0.1, -0.05) is 32.9 Å². The second-order valence-corrected chi connectivity index (χ2v) is 6.31. The summed E-state index contributed by atoms with van der Waals surface area (Å²) in [7, 11) is 0. The van der Waals surface area contributed by atoms with Gasteiger partial charge in [0, 0.05) is 11.1 Å². The van der Waals surface area contributed by atoms with Crippen molar-refractivity contribution in [1.29, 1.82) is 5.26 Å². The summed E-state index contributed by atoms with van der Waals surface area (Å²) in [5.41, 5.74) is 1.93. The average molecular weight is 286 g/mol. The third kappa shape index (κ3) is 2.38. The Balaban J connectivity index is 2.55. The van der Waals surface area contributed by atoms with E-state index in [9.17, 15) is 14.9 Å². The quantitative estimate of drug-likeness (QED) is 0.905. The molecule has 0 fully saturated rings. The molecular formula is C16H18N2O3. The second-order valence-electron chi connectivity index (χ2n) is 6.31. The minimum atomic E-state index is -1.12. The Bertz CT molecular complexity index is 652. The number of carbonyl (C=O) groups is 2. The van der Waals surface area contributed by atoms with Crippen LogP contribution in [0, 0.1) is 11.3 Å². The third-order valence-electron chi connectivity index (χ3n) is 3.85. The number of carboxylic acid groups (broad SMARTS) is 1. The molecule has 0 saturated carbocycles. The first kappa shape index (κ1) is 15.0. The van der Waals surface area contributed by atoms with Crippen molar-refractivity contribution in [3.05, 3.63) is 34.9 Å². The fourth-order valence-electron chi connectivity index (χ4n) is 2.51. The summed E-state index contributed by atoms with van der Waals surface area (Å²) in [5.74, 6) is -1.51. The minimum absolute atomic E-state index is 0.107. The van der Waals surface area contributed by atoms with Crippen LogP contribution in [0.5, 0.6) is 0 Å². The zero-order valence-electron chi connectivity index (χ0n) is 12.5. The maximum Gasteiger partial charge on any atom is 0.326 e. The van der Waals surface area contributed by atoms with Gasteiger partial charge in [-0.3, -0.25) is 4.79 Å². The number of amides is 1.